The molecule has 8 heteroatoms. The van der Waals surface area contributed by atoms with Gasteiger partial charge in [0.05, 0.1) is 29.0 Å². The number of hydrogen-bond donors (Lipinski definition) is 2. The van der Waals surface area contributed by atoms with Crippen molar-refractivity contribution in [3.05, 3.63) is 29.7 Å². The molecule has 1 heterocycles. The molecule has 1 rings (SSSR count). The van der Waals surface area contributed by atoms with Crippen molar-refractivity contribution < 1.29 is 29.7 Å². The number of carboxylic acid groups (broad SMARTS) is 3. The average molecular weight is 252 g/mol. The van der Waals surface area contributed by atoms with E-state index in [4.69, 9.17) is 5.11 Å². The Morgan fingerprint density at radius 2 is 2.00 bits per heavy atom. The van der Waals surface area contributed by atoms with E-state index >= 15 is 0 Å². The van der Waals surface area contributed by atoms with Crippen LogP contribution in [0.4, 0.5) is 5.69 Å². The summed E-state index contributed by atoms with van der Waals surface area (Å²) < 4.78 is 1.19. The van der Waals surface area contributed by atoms with Gasteiger partial charge in [-0.1, -0.05) is 0 Å². The summed E-state index contributed by atoms with van der Waals surface area (Å²) in [4.78, 5) is 31.6. The highest BCUT2D eigenvalue weighted by Gasteiger charge is 2.07. The van der Waals surface area contributed by atoms with E-state index in [1.807, 2.05) is 0 Å². The standard InChI is InChI=1S/C10H10N2O6/c1-12-4-5(2-7(12)10(17)18)11-6(9(15)16)3-8(13)14/h2-4,11H,1H3,(H,13,14)(H,15,16)(H,17,18)/p-2/b6-3+. The summed E-state index contributed by atoms with van der Waals surface area (Å²) in [6.07, 6.45) is 1.67. The number of rotatable bonds is 5. The summed E-state index contributed by atoms with van der Waals surface area (Å²) in [7, 11) is 1.41. The molecule has 0 atom stereocenters. The quantitative estimate of drug-likeness (QED) is 0.554. The summed E-state index contributed by atoms with van der Waals surface area (Å²) in [5.41, 5.74) is -0.795. The monoisotopic (exact) mass is 252 g/mol. The molecule has 0 fully saturated rings. The van der Waals surface area contributed by atoms with E-state index in [1.165, 1.54) is 17.8 Å². The van der Waals surface area contributed by atoms with Crippen molar-refractivity contribution in [2.24, 2.45) is 7.05 Å². The Hall–Kier alpha value is -2.77. The fourth-order valence-electron chi connectivity index (χ4n) is 1.26. The van der Waals surface area contributed by atoms with Crippen LogP contribution < -0.4 is 15.5 Å². The first kappa shape index (κ1) is 13.3. The molecule has 0 unspecified atom stereocenters. The highest BCUT2D eigenvalue weighted by molar-refractivity contribution is 5.96. The molecule has 0 amide bonds. The molecular formula is C10H8N2O6-2. The minimum absolute atomic E-state index is 0.0911. The molecule has 0 aliphatic rings. The van der Waals surface area contributed by atoms with Gasteiger partial charge in [0.2, 0.25) is 0 Å². The van der Waals surface area contributed by atoms with Gasteiger partial charge in [0.15, 0.2) is 0 Å². The number of carbonyl (C=O) groups is 3. The van der Waals surface area contributed by atoms with Gasteiger partial charge in [-0.05, 0) is 6.07 Å². The van der Waals surface area contributed by atoms with E-state index < -0.39 is 23.6 Å². The number of aromatic carboxylic acids is 1. The number of aryl methyl sites for hydroxylation is 1. The van der Waals surface area contributed by atoms with Gasteiger partial charge >= 0.3 is 5.97 Å². The molecule has 0 aromatic carbocycles. The molecule has 0 saturated heterocycles. The first-order valence-electron chi connectivity index (χ1n) is 4.62. The number of carboxylic acids is 3. The predicted octanol–water partition coefficient (Wildman–Crippen LogP) is -2.48. The molecule has 0 bridgehead atoms. The third-order valence-corrected chi connectivity index (χ3v) is 1.98. The number of nitrogens with zero attached hydrogens (tertiary/aromatic N) is 1. The van der Waals surface area contributed by atoms with E-state index in [0.29, 0.717) is 6.08 Å². The number of hydrogen-bond acceptors (Lipinski definition) is 6. The van der Waals surface area contributed by atoms with Crippen LogP contribution in [0.2, 0.25) is 0 Å². The lowest BCUT2D eigenvalue weighted by atomic mass is 10.3. The van der Waals surface area contributed by atoms with Crippen molar-refractivity contribution in [1.29, 1.82) is 0 Å². The van der Waals surface area contributed by atoms with Crippen molar-refractivity contribution in [2.45, 2.75) is 0 Å². The van der Waals surface area contributed by atoms with Crippen LogP contribution in [0.3, 0.4) is 0 Å². The summed E-state index contributed by atoms with van der Waals surface area (Å²) in [6.45, 7) is 0. The highest BCUT2D eigenvalue weighted by atomic mass is 16.4. The largest absolute Gasteiger partial charge is 0.543 e. The van der Waals surface area contributed by atoms with E-state index in [9.17, 15) is 24.6 Å². The van der Waals surface area contributed by atoms with Crippen LogP contribution in [0.5, 0.6) is 0 Å². The van der Waals surface area contributed by atoms with Gasteiger partial charge in [-0.2, -0.15) is 0 Å². The van der Waals surface area contributed by atoms with Gasteiger partial charge in [-0.3, -0.25) is 0 Å². The van der Waals surface area contributed by atoms with Gasteiger partial charge in [-0.15, -0.1) is 0 Å². The van der Waals surface area contributed by atoms with Crippen molar-refractivity contribution in [3.63, 3.8) is 0 Å². The summed E-state index contributed by atoms with van der Waals surface area (Å²) in [5.74, 6) is -4.64. The van der Waals surface area contributed by atoms with Gasteiger partial charge < -0.3 is 34.8 Å². The molecule has 18 heavy (non-hydrogen) atoms. The second-order valence-corrected chi connectivity index (χ2v) is 3.32. The molecule has 96 valence electrons. The highest BCUT2D eigenvalue weighted by Crippen LogP contribution is 2.14. The molecule has 0 aliphatic carbocycles. The van der Waals surface area contributed by atoms with Crippen LogP contribution in [-0.4, -0.2) is 27.6 Å². The van der Waals surface area contributed by atoms with Crippen LogP contribution in [0.15, 0.2) is 24.0 Å². The third-order valence-electron chi connectivity index (χ3n) is 1.98. The number of nitrogens with one attached hydrogen (secondary N) is 1. The van der Waals surface area contributed by atoms with Crippen LogP contribution in [0.25, 0.3) is 0 Å². The Bertz CT molecular complexity index is 543. The number of anilines is 1. The van der Waals surface area contributed by atoms with Crippen LogP contribution in [-0.2, 0) is 16.6 Å². The molecule has 1 aromatic heterocycles. The Labute approximate surface area is 101 Å². The molecule has 2 N–H and O–H groups in total. The smallest absolute Gasteiger partial charge is 0.330 e. The van der Waals surface area contributed by atoms with Crippen LogP contribution in [0, 0.1) is 0 Å². The average Bonchev–Trinajstić information content (AvgIpc) is 2.57. The van der Waals surface area contributed by atoms with Gasteiger partial charge in [-0.25, -0.2) is 4.79 Å². The molecule has 0 radical (unpaired) electrons. The zero-order valence-corrected chi connectivity index (χ0v) is 9.17. The zero-order valence-electron chi connectivity index (χ0n) is 9.17. The maximum Gasteiger partial charge on any atom is 0.330 e. The van der Waals surface area contributed by atoms with Crippen molar-refractivity contribution in [3.8, 4) is 0 Å². The van der Waals surface area contributed by atoms with Crippen molar-refractivity contribution in [1.82, 2.24) is 4.57 Å². The maximum absolute atomic E-state index is 10.6. The molecule has 0 aliphatic heterocycles. The van der Waals surface area contributed by atoms with Crippen LogP contribution in [0.1, 0.15) is 10.5 Å². The van der Waals surface area contributed by atoms with E-state index in [-0.39, 0.29) is 11.4 Å². The molecule has 8 nitrogen and oxygen atoms in total. The minimum Gasteiger partial charge on any atom is -0.543 e. The van der Waals surface area contributed by atoms with Gasteiger partial charge in [0.1, 0.15) is 0 Å². The number of aromatic nitrogens is 1. The fourth-order valence-corrected chi connectivity index (χ4v) is 1.26. The summed E-state index contributed by atoms with van der Waals surface area (Å²) >= 11 is 0. The normalized spacial score (nSPS) is 11.1. The Morgan fingerprint density at radius 1 is 1.39 bits per heavy atom. The Morgan fingerprint density at radius 3 is 2.39 bits per heavy atom. The maximum atomic E-state index is 10.6. The van der Waals surface area contributed by atoms with Crippen molar-refractivity contribution >= 4 is 23.6 Å². The SMILES string of the molecule is Cn1cc(N/C(=C/C(=O)O)C(=O)[O-])cc1C(=O)[O-]. The second kappa shape index (κ2) is 5.04. The topological polar surface area (TPSA) is 135 Å². The summed E-state index contributed by atoms with van der Waals surface area (Å²) in [5, 5.41) is 31.9. The Kier molecular flexibility index (Phi) is 3.72. The zero-order chi connectivity index (χ0) is 13.9. The number of carbonyl (C=O) groups excluding carboxylic acids is 2. The molecular weight excluding hydrogens is 244 g/mol. The second-order valence-electron chi connectivity index (χ2n) is 3.32. The van der Waals surface area contributed by atoms with E-state index in [0.717, 1.165) is 6.07 Å². The van der Waals surface area contributed by atoms with E-state index in [1.54, 1.807) is 0 Å². The van der Waals surface area contributed by atoms with Crippen LogP contribution >= 0.6 is 0 Å². The van der Waals surface area contributed by atoms with Crippen molar-refractivity contribution in [2.75, 3.05) is 5.32 Å². The Balaban J connectivity index is 3.02. The molecule has 0 spiro atoms. The lowest BCUT2D eigenvalue weighted by molar-refractivity contribution is -0.299. The number of aliphatic carboxylic acids is 2. The fraction of sp³-hybridized carbons (Fsp3) is 0.100. The molecule has 1 aromatic rings. The first-order chi connectivity index (χ1) is 8.31. The van der Waals surface area contributed by atoms with E-state index in [2.05, 4.69) is 5.32 Å². The van der Waals surface area contributed by atoms with Gasteiger partial charge in [0.25, 0.3) is 0 Å². The molecule has 0 saturated carbocycles. The third kappa shape index (κ3) is 3.11. The lowest BCUT2D eigenvalue weighted by Gasteiger charge is -2.08. The summed E-state index contributed by atoms with van der Waals surface area (Å²) in [6, 6.07) is 1.11. The minimum atomic E-state index is -1.73. The van der Waals surface area contributed by atoms with Gasteiger partial charge in [0, 0.05) is 19.3 Å². The first-order valence-corrected chi connectivity index (χ1v) is 4.62. The predicted molar refractivity (Wildman–Crippen MR) is 54.1 cm³/mol. The lowest BCUT2D eigenvalue weighted by Crippen LogP contribution is -2.29.